The van der Waals surface area contributed by atoms with E-state index < -0.39 is 15.1 Å². The van der Waals surface area contributed by atoms with Gasteiger partial charge in [-0.05, 0) is 31.5 Å². The van der Waals surface area contributed by atoms with Gasteiger partial charge in [-0.2, -0.15) is 0 Å². The van der Waals surface area contributed by atoms with Crippen LogP contribution in [-0.2, 0) is 21.2 Å². The molecular formula is C25H27Cl2N5O4S. The summed E-state index contributed by atoms with van der Waals surface area (Å²) in [5, 5.41) is 6.38. The summed E-state index contributed by atoms with van der Waals surface area (Å²) in [5.41, 5.74) is 10.00. The molecule has 0 aliphatic heterocycles. The predicted octanol–water partition coefficient (Wildman–Crippen LogP) is 4.71. The number of benzene rings is 2. The van der Waals surface area contributed by atoms with Crippen LogP contribution in [0.1, 0.15) is 26.3 Å². The predicted molar refractivity (Wildman–Crippen MR) is 147 cm³/mol. The molecular weight excluding hydrogens is 537 g/mol. The molecule has 4 rings (SSSR count). The molecule has 0 aliphatic rings. The van der Waals surface area contributed by atoms with Crippen molar-refractivity contribution >= 4 is 46.4 Å². The van der Waals surface area contributed by atoms with Crippen molar-refractivity contribution < 1.29 is 17.7 Å². The molecule has 3 N–H and O–H groups in total. The lowest BCUT2D eigenvalue weighted by molar-refractivity contribution is -0.119. The van der Waals surface area contributed by atoms with Crippen molar-refractivity contribution in [1.82, 2.24) is 20.4 Å². The van der Waals surface area contributed by atoms with E-state index in [9.17, 15) is 13.2 Å². The number of sulfone groups is 1. The van der Waals surface area contributed by atoms with Gasteiger partial charge >= 0.3 is 0 Å². The van der Waals surface area contributed by atoms with E-state index in [2.05, 4.69) is 20.4 Å². The van der Waals surface area contributed by atoms with Gasteiger partial charge in [-0.15, -0.1) is 24.8 Å². The van der Waals surface area contributed by atoms with E-state index in [1.54, 1.807) is 44.2 Å². The fourth-order valence-electron chi connectivity index (χ4n) is 3.35. The van der Waals surface area contributed by atoms with E-state index in [0.29, 0.717) is 35.0 Å². The number of nitrogens with zero attached hydrogens (tertiary/aromatic N) is 3. The van der Waals surface area contributed by atoms with Gasteiger partial charge in [-0.1, -0.05) is 41.6 Å². The van der Waals surface area contributed by atoms with E-state index in [-0.39, 0.29) is 41.4 Å². The number of aromatic nitrogens is 3. The maximum atomic E-state index is 12.4. The Kier molecular flexibility index (Phi) is 9.80. The highest BCUT2D eigenvalue weighted by Gasteiger charge is 2.20. The number of hydrogen-bond donors (Lipinski definition) is 2. The van der Waals surface area contributed by atoms with Gasteiger partial charge in [0.2, 0.25) is 5.91 Å². The first-order chi connectivity index (χ1) is 16.6. The van der Waals surface area contributed by atoms with Crippen molar-refractivity contribution in [3.05, 3.63) is 66.4 Å². The number of halogens is 2. The minimum atomic E-state index is -3.37. The second-order valence-electron chi connectivity index (χ2n) is 8.29. The monoisotopic (exact) mass is 563 g/mol. The van der Waals surface area contributed by atoms with Crippen LogP contribution in [0.4, 0.5) is 5.82 Å². The molecule has 12 heteroatoms. The molecule has 0 fully saturated rings. The molecule has 0 aliphatic carbocycles. The Balaban J connectivity index is 0.00000241. The van der Waals surface area contributed by atoms with E-state index in [0.717, 1.165) is 11.1 Å². The van der Waals surface area contributed by atoms with Gasteiger partial charge in [0.1, 0.15) is 5.69 Å². The third-order valence-corrected chi connectivity index (χ3v) is 7.61. The summed E-state index contributed by atoms with van der Waals surface area (Å²) in [7, 11) is -3.37. The Hall–Kier alpha value is -3.47. The summed E-state index contributed by atoms with van der Waals surface area (Å²) >= 11 is 0. The van der Waals surface area contributed by atoms with E-state index in [1.807, 2.05) is 24.3 Å². The number of amides is 1. The third kappa shape index (κ3) is 6.65. The van der Waals surface area contributed by atoms with Gasteiger partial charge in [0.25, 0.3) is 0 Å². The van der Waals surface area contributed by atoms with E-state index >= 15 is 0 Å². The molecule has 0 bridgehead atoms. The van der Waals surface area contributed by atoms with Crippen LogP contribution in [0, 0.1) is 0 Å². The van der Waals surface area contributed by atoms with Crippen LogP contribution < -0.4 is 11.1 Å². The van der Waals surface area contributed by atoms with Crippen molar-refractivity contribution in [3.8, 4) is 34.0 Å². The maximum absolute atomic E-state index is 12.4. The van der Waals surface area contributed by atoms with Gasteiger partial charge in [-0.25, -0.2) is 18.4 Å². The minimum absolute atomic E-state index is 0. The zero-order valence-electron chi connectivity index (χ0n) is 20.3. The second kappa shape index (κ2) is 12.2. The topological polar surface area (TPSA) is 141 Å². The van der Waals surface area contributed by atoms with E-state index in [1.165, 1.54) is 13.1 Å². The number of nitrogens with two attached hydrogens (primary N) is 1. The average molecular weight is 564 g/mol. The Labute approximate surface area is 227 Å². The molecule has 0 saturated carbocycles. The summed E-state index contributed by atoms with van der Waals surface area (Å²) in [6.07, 6.45) is 1.52. The highest BCUT2D eigenvalue weighted by molar-refractivity contribution is 7.92. The van der Waals surface area contributed by atoms with Crippen molar-refractivity contribution in [2.24, 2.45) is 0 Å². The molecule has 2 aromatic heterocycles. The molecule has 37 heavy (non-hydrogen) atoms. The fourth-order valence-corrected chi connectivity index (χ4v) is 4.41. The standard InChI is InChI=1S/C25H25N5O4S.2ClH/c1-15(2)35(32,33)20-10-8-19(9-11-20)22-14-28-25(26)24(29-22)23-12-21(30-34-23)18-6-4-17(5-7-18)13-27-16(3)31;;/h4-12,14-15H,13H2,1-3H3,(H2,26,28)(H,27,31);2*1H. The summed E-state index contributed by atoms with van der Waals surface area (Å²) in [4.78, 5) is 20.2. The molecule has 9 nitrogen and oxygen atoms in total. The molecule has 0 spiro atoms. The molecule has 4 aromatic rings. The zero-order valence-corrected chi connectivity index (χ0v) is 22.8. The zero-order chi connectivity index (χ0) is 25.2. The smallest absolute Gasteiger partial charge is 0.217 e. The van der Waals surface area contributed by atoms with Crippen molar-refractivity contribution in [2.45, 2.75) is 37.5 Å². The first-order valence-corrected chi connectivity index (χ1v) is 12.5. The van der Waals surface area contributed by atoms with Crippen molar-refractivity contribution in [1.29, 1.82) is 0 Å². The van der Waals surface area contributed by atoms with E-state index in [4.69, 9.17) is 10.3 Å². The minimum Gasteiger partial charge on any atom is -0.382 e. The number of anilines is 1. The normalized spacial score (nSPS) is 10.9. The van der Waals surface area contributed by atoms with Crippen LogP contribution in [-0.4, -0.2) is 34.7 Å². The number of nitrogen functional groups attached to an aromatic ring is 1. The van der Waals surface area contributed by atoms with Crippen LogP contribution >= 0.6 is 24.8 Å². The van der Waals surface area contributed by atoms with Gasteiger partial charge in [0.15, 0.2) is 27.1 Å². The summed E-state index contributed by atoms with van der Waals surface area (Å²) in [5.74, 6) is 0.446. The van der Waals surface area contributed by atoms with Gasteiger partial charge < -0.3 is 15.6 Å². The van der Waals surface area contributed by atoms with Crippen molar-refractivity contribution in [3.63, 3.8) is 0 Å². The number of rotatable bonds is 7. The van der Waals surface area contributed by atoms with Crippen LogP contribution in [0.15, 0.2) is 70.2 Å². The number of nitrogens with one attached hydrogen (secondary N) is 1. The van der Waals surface area contributed by atoms with Gasteiger partial charge in [0.05, 0.1) is 22.0 Å². The molecule has 0 radical (unpaired) electrons. The summed E-state index contributed by atoms with van der Waals surface area (Å²) in [6.45, 7) is 5.21. The summed E-state index contributed by atoms with van der Waals surface area (Å²) < 4.78 is 30.3. The van der Waals surface area contributed by atoms with Crippen LogP contribution in [0.3, 0.4) is 0 Å². The SMILES string of the molecule is CC(=O)NCc1ccc(-c2cc(-c3nc(-c4ccc(S(=O)(=O)C(C)C)cc4)cnc3N)on2)cc1.Cl.Cl. The molecule has 2 heterocycles. The van der Waals surface area contributed by atoms with Crippen LogP contribution in [0.2, 0.25) is 0 Å². The molecule has 0 unspecified atom stereocenters. The largest absolute Gasteiger partial charge is 0.382 e. The molecule has 2 aromatic carbocycles. The lowest BCUT2D eigenvalue weighted by atomic mass is 10.1. The first-order valence-electron chi connectivity index (χ1n) is 10.9. The third-order valence-electron chi connectivity index (χ3n) is 5.43. The van der Waals surface area contributed by atoms with Crippen LogP contribution in [0.5, 0.6) is 0 Å². The highest BCUT2D eigenvalue weighted by Crippen LogP contribution is 2.30. The second-order valence-corrected chi connectivity index (χ2v) is 10.8. The van der Waals surface area contributed by atoms with Crippen LogP contribution in [0.25, 0.3) is 34.0 Å². The Morgan fingerprint density at radius 1 is 1.00 bits per heavy atom. The molecule has 0 atom stereocenters. The molecule has 0 saturated heterocycles. The number of hydrogen-bond acceptors (Lipinski definition) is 8. The number of carbonyl (C=O) groups excluding carboxylic acids is 1. The Bertz CT molecular complexity index is 1470. The fraction of sp³-hybridized carbons (Fsp3) is 0.200. The first kappa shape index (κ1) is 29.8. The lowest BCUT2D eigenvalue weighted by Gasteiger charge is -2.09. The lowest BCUT2D eigenvalue weighted by Crippen LogP contribution is -2.18. The molecule has 1 amide bonds. The highest BCUT2D eigenvalue weighted by atomic mass is 35.5. The average Bonchev–Trinajstić information content (AvgIpc) is 3.33. The van der Waals surface area contributed by atoms with Gasteiger partial charge in [-0.3, -0.25) is 4.79 Å². The quantitative estimate of drug-likeness (QED) is 0.329. The molecule has 196 valence electrons. The Morgan fingerprint density at radius 2 is 1.59 bits per heavy atom. The maximum Gasteiger partial charge on any atom is 0.217 e. The number of carbonyl (C=O) groups is 1. The summed E-state index contributed by atoms with van der Waals surface area (Å²) in [6, 6.07) is 15.8. The Morgan fingerprint density at radius 3 is 2.19 bits per heavy atom. The van der Waals surface area contributed by atoms with Crippen molar-refractivity contribution in [2.75, 3.05) is 5.73 Å². The van der Waals surface area contributed by atoms with Gasteiger partial charge in [0, 0.05) is 30.7 Å².